The van der Waals surface area contributed by atoms with E-state index in [1.165, 1.54) is 17.9 Å². The molecular weight excluding hydrogens is 238 g/mol. The summed E-state index contributed by atoms with van der Waals surface area (Å²) >= 11 is 1.31. The van der Waals surface area contributed by atoms with Crippen molar-refractivity contribution in [2.24, 2.45) is 5.73 Å². The fourth-order valence-electron chi connectivity index (χ4n) is 1.37. The van der Waals surface area contributed by atoms with Gasteiger partial charge in [-0.1, -0.05) is 0 Å². The van der Waals surface area contributed by atoms with Crippen LogP contribution in [0.2, 0.25) is 0 Å². The highest BCUT2D eigenvalue weighted by atomic mass is 32.1. The van der Waals surface area contributed by atoms with Gasteiger partial charge in [-0.3, -0.25) is 4.79 Å². The van der Waals surface area contributed by atoms with Crippen LogP contribution in [0, 0.1) is 6.92 Å². The van der Waals surface area contributed by atoms with E-state index in [2.05, 4.69) is 19.7 Å². The molecule has 0 aliphatic heterocycles. The van der Waals surface area contributed by atoms with Gasteiger partial charge in [-0.15, -0.1) is 0 Å². The number of carbonyl (C=O) groups is 1. The van der Waals surface area contributed by atoms with Crippen molar-refractivity contribution in [1.82, 2.24) is 14.3 Å². The van der Waals surface area contributed by atoms with E-state index in [0.717, 1.165) is 15.9 Å². The van der Waals surface area contributed by atoms with Gasteiger partial charge in [0.05, 0.1) is 11.1 Å². The number of hydrogen-bond donors (Lipinski definition) is 2. The first-order chi connectivity index (χ1) is 7.92. The summed E-state index contributed by atoms with van der Waals surface area (Å²) in [6.45, 7) is 5.29. The van der Waals surface area contributed by atoms with E-state index in [1.54, 1.807) is 13.8 Å². The minimum atomic E-state index is -0.865. The third kappa shape index (κ3) is 2.05. The lowest BCUT2D eigenvalue weighted by atomic mass is 10.1. The molecule has 17 heavy (non-hydrogen) atoms. The molecule has 90 valence electrons. The summed E-state index contributed by atoms with van der Waals surface area (Å²) in [5, 5.41) is 3.87. The van der Waals surface area contributed by atoms with Gasteiger partial charge in [0.15, 0.2) is 0 Å². The maximum atomic E-state index is 11.3. The maximum Gasteiger partial charge on any atom is 0.242 e. The molecule has 0 saturated carbocycles. The number of nitrogens with one attached hydrogen (secondary N) is 1. The summed E-state index contributed by atoms with van der Waals surface area (Å²) < 4.78 is 4.21. The van der Waals surface area contributed by atoms with E-state index >= 15 is 0 Å². The highest BCUT2D eigenvalue weighted by molar-refractivity contribution is 7.13. The lowest BCUT2D eigenvalue weighted by molar-refractivity contribution is -0.121. The maximum absolute atomic E-state index is 11.3. The zero-order chi connectivity index (χ0) is 12.6. The molecule has 7 heteroatoms. The van der Waals surface area contributed by atoms with E-state index in [1.807, 2.05) is 6.92 Å². The van der Waals surface area contributed by atoms with Crippen LogP contribution in [-0.4, -0.2) is 25.8 Å². The van der Waals surface area contributed by atoms with Crippen molar-refractivity contribution in [1.29, 1.82) is 0 Å². The summed E-state index contributed by atoms with van der Waals surface area (Å²) in [5.74, 6) is 0.148. The zero-order valence-electron chi connectivity index (χ0n) is 9.81. The SMILES string of the molecule is Cc1nsc2ncnc(NC(C)(C)C(N)=O)c12. The Morgan fingerprint density at radius 2 is 2.18 bits per heavy atom. The standard InChI is InChI=1S/C10H13N5OS/c1-5-6-7(14-10(2,3)9(11)16)12-4-13-8(6)17-15-5/h4H,1-3H3,(H2,11,16)(H,12,13,14). The lowest BCUT2D eigenvalue weighted by Gasteiger charge is -2.23. The monoisotopic (exact) mass is 251 g/mol. The Labute approximate surface area is 102 Å². The van der Waals surface area contributed by atoms with Crippen LogP contribution in [-0.2, 0) is 4.79 Å². The fourth-order valence-corrected chi connectivity index (χ4v) is 2.12. The Bertz CT molecular complexity index is 577. The summed E-state index contributed by atoms with van der Waals surface area (Å²) in [6, 6.07) is 0. The van der Waals surface area contributed by atoms with Crippen LogP contribution >= 0.6 is 11.5 Å². The van der Waals surface area contributed by atoms with Crippen molar-refractivity contribution in [2.75, 3.05) is 5.32 Å². The number of nitrogens with two attached hydrogens (primary N) is 1. The molecule has 0 fully saturated rings. The van der Waals surface area contributed by atoms with Gasteiger partial charge in [0.2, 0.25) is 5.91 Å². The van der Waals surface area contributed by atoms with Gasteiger partial charge in [0, 0.05) is 0 Å². The number of nitrogens with zero attached hydrogens (tertiary/aromatic N) is 3. The Balaban J connectivity index is 2.49. The molecule has 2 rings (SSSR count). The number of fused-ring (bicyclic) bond motifs is 1. The van der Waals surface area contributed by atoms with Gasteiger partial charge in [-0.2, -0.15) is 4.37 Å². The van der Waals surface area contributed by atoms with Crippen LogP contribution in [0.15, 0.2) is 6.33 Å². The Kier molecular flexibility index (Phi) is 2.70. The molecule has 0 aliphatic rings. The molecule has 2 aromatic rings. The highest BCUT2D eigenvalue weighted by Crippen LogP contribution is 2.27. The van der Waals surface area contributed by atoms with E-state index in [4.69, 9.17) is 5.73 Å². The first kappa shape index (κ1) is 11.7. The number of amides is 1. The third-order valence-electron chi connectivity index (χ3n) is 2.49. The van der Waals surface area contributed by atoms with E-state index in [0.29, 0.717) is 5.82 Å². The Morgan fingerprint density at radius 3 is 2.82 bits per heavy atom. The minimum absolute atomic E-state index is 0.440. The second-order valence-electron chi connectivity index (χ2n) is 4.28. The quantitative estimate of drug-likeness (QED) is 0.851. The van der Waals surface area contributed by atoms with Gasteiger partial charge in [-0.05, 0) is 32.3 Å². The second kappa shape index (κ2) is 3.92. The molecule has 0 atom stereocenters. The van der Waals surface area contributed by atoms with Crippen molar-refractivity contribution in [3.8, 4) is 0 Å². The fraction of sp³-hybridized carbons (Fsp3) is 0.400. The second-order valence-corrected chi connectivity index (χ2v) is 5.04. The van der Waals surface area contributed by atoms with E-state index in [-0.39, 0.29) is 0 Å². The van der Waals surface area contributed by atoms with Crippen LogP contribution < -0.4 is 11.1 Å². The molecule has 0 aromatic carbocycles. The van der Waals surface area contributed by atoms with E-state index < -0.39 is 11.4 Å². The largest absolute Gasteiger partial charge is 0.368 e. The first-order valence-electron chi connectivity index (χ1n) is 5.07. The normalized spacial score (nSPS) is 11.7. The molecule has 6 nitrogen and oxygen atoms in total. The number of primary amides is 1. The molecule has 0 unspecified atom stereocenters. The average Bonchev–Trinajstić information content (AvgIpc) is 2.61. The van der Waals surface area contributed by atoms with Crippen LogP contribution in [0.3, 0.4) is 0 Å². The summed E-state index contributed by atoms with van der Waals surface area (Å²) in [7, 11) is 0. The van der Waals surface area contributed by atoms with Gasteiger partial charge >= 0.3 is 0 Å². The first-order valence-corrected chi connectivity index (χ1v) is 5.84. The van der Waals surface area contributed by atoms with Crippen LogP contribution in [0.1, 0.15) is 19.5 Å². The van der Waals surface area contributed by atoms with Gasteiger partial charge in [-0.25, -0.2) is 9.97 Å². The molecule has 0 bridgehead atoms. The average molecular weight is 251 g/mol. The molecule has 0 aliphatic carbocycles. The number of aryl methyl sites for hydroxylation is 1. The Hall–Kier alpha value is -1.76. The number of anilines is 1. The summed E-state index contributed by atoms with van der Waals surface area (Å²) in [5.41, 5.74) is 5.29. The molecule has 1 amide bonds. The number of aromatic nitrogens is 3. The predicted octanol–water partition coefficient (Wildman–Crippen LogP) is 1.07. The number of hydrogen-bond acceptors (Lipinski definition) is 6. The molecule has 3 N–H and O–H groups in total. The van der Waals surface area contributed by atoms with Gasteiger partial charge in [0.1, 0.15) is 22.5 Å². The van der Waals surface area contributed by atoms with Crippen LogP contribution in [0.4, 0.5) is 5.82 Å². The van der Waals surface area contributed by atoms with Gasteiger partial charge < -0.3 is 11.1 Å². The Morgan fingerprint density at radius 1 is 1.47 bits per heavy atom. The van der Waals surface area contributed by atoms with Crippen molar-refractivity contribution >= 4 is 33.5 Å². The van der Waals surface area contributed by atoms with Crippen molar-refractivity contribution in [3.05, 3.63) is 12.0 Å². The van der Waals surface area contributed by atoms with Crippen molar-refractivity contribution in [3.63, 3.8) is 0 Å². The lowest BCUT2D eigenvalue weighted by Crippen LogP contribution is -2.45. The van der Waals surface area contributed by atoms with Crippen LogP contribution in [0.25, 0.3) is 10.2 Å². The summed E-state index contributed by atoms with van der Waals surface area (Å²) in [6.07, 6.45) is 1.44. The van der Waals surface area contributed by atoms with Crippen molar-refractivity contribution in [2.45, 2.75) is 26.3 Å². The molecule has 2 heterocycles. The summed E-state index contributed by atoms with van der Waals surface area (Å²) in [4.78, 5) is 20.4. The van der Waals surface area contributed by atoms with Crippen molar-refractivity contribution < 1.29 is 4.79 Å². The smallest absolute Gasteiger partial charge is 0.242 e. The molecule has 0 spiro atoms. The molecule has 0 radical (unpaired) electrons. The molecule has 0 saturated heterocycles. The highest BCUT2D eigenvalue weighted by Gasteiger charge is 2.26. The van der Waals surface area contributed by atoms with Gasteiger partial charge in [0.25, 0.3) is 0 Å². The minimum Gasteiger partial charge on any atom is -0.368 e. The topological polar surface area (TPSA) is 93.8 Å². The van der Waals surface area contributed by atoms with E-state index in [9.17, 15) is 4.79 Å². The third-order valence-corrected chi connectivity index (χ3v) is 3.34. The number of carbonyl (C=O) groups excluding carboxylic acids is 1. The molecular formula is C10H13N5OS. The number of rotatable bonds is 3. The predicted molar refractivity (Wildman–Crippen MR) is 66.8 cm³/mol. The van der Waals surface area contributed by atoms with Crippen LogP contribution in [0.5, 0.6) is 0 Å². The molecule has 2 aromatic heterocycles. The zero-order valence-corrected chi connectivity index (χ0v) is 10.6.